The first kappa shape index (κ1) is 10.9. The maximum atomic E-state index is 12.3. The first-order valence-corrected chi connectivity index (χ1v) is 7.03. The van der Waals surface area contributed by atoms with Gasteiger partial charge in [-0.25, -0.2) is 9.19 Å². The molecule has 1 saturated heterocycles. The van der Waals surface area contributed by atoms with Crippen LogP contribution in [0, 0.1) is 0 Å². The van der Waals surface area contributed by atoms with E-state index in [-0.39, 0.29) is 5.25 Å². The number of aromatic nitrogens is 1. The Morgan fingerprint density at radius 3 is 3.06 bits per heavy atom. The van der Waals surface area contributed by atoms with Gasteiger partial charge in [0, 0.05) is 6.54 Å². The zero-order chi connectivity index (χ0) is 11.7. The minimum absolute atomic E-state index is 0.122. The number of para-hydroxylation sites is 2. The highest BCUT2D eigenvalue weighted by atomic mass is 32.2. The SMILES string of the molecule is O=[S@@](c1nc2ccccc2o1)[C@H]1CCCNC1. The van der Waals surface area contributed by atoms with Gasteiger partial charge < -0.3 is 9.73 Å². The number of piperidine rings is 1. The Morgan fingerprint density at radius 2 is 2.29 bits per heavy atom. The fourth-order valence-corrected chi connectivity index (χ4v) is 3.38. The molecule has 5 heteroatoms. The molecule has 2 atom stereocenters. The number of rotatable bonds is 2. The average molecular weight is 250 g/mol. The summed E-state index contributed by atoms with van der Waals surface area (Å²) in [5.74, 6) is 0. The van der Waals surface area contributed by atoms with Crippen molar-refractivity contribution in [2.24, 2.45) is 0 Å². The minimum atomic E-state index is -1.14. The van der Waals surface area contributed by atoms with Gasteiger partial charge in [0.15, 0.2) is 5.58 Å². The molecule has 17 heavy (non-hydrogen) atoms. The molecular weight excluding hydrogens is 236 g/mol. The highest BCUT2D eigenvalue weighted by molar-refractivity contribution is 7.85. The molecule has 2 aromatic rings. The highest BCUT2D eigenvalue weighted by Gasteiger charge is 2.24. The Hall–Kier alpha value is -1.20. The lowest BCUT2D eigenvalue weighted by Gasteiger charge is -2.20. The zero-order valence-electron chi connectivity index (χ0n) is 9.39. The monoisotopic (exact) mass is 250 g/mol. The molecule has 1 aromatic carbocycles. The van der Waals surface area contributed by atoms with Crippen molar-refractivity contribution in [2.75, 3.05) is 13.1 Å². The van der Waals surface area contributed by atoms with Gasteiger partial charge in [0.1, 0.15) is 16.3 Å². The second kappa shape index (κ2) is 4.58. The summed E-state index contributed by atoms with van der Waals surface area (Å²) >= 11 is 0. The third-order valence-corrected chi connectivity index (χ3v) is 4.53. The summed E-state index contributed by atoms with van der Waals surface area (Å²) in [6, 6.07) is 7.52. The lowest BCUT2D eigenvalue weighted by Crippen LogP contribution is -2.36. The normalized spacial score (nSPS) is 22.7. The number of hydrogen-bond acceptors (Lipinski definition) is 4. The highest BCUT2D eigenvalue weighted by Crippen LogP contribution is 2.21. The smallest absolute Gasteiger partial charge is 0.288 e. The van der Waals surface area contributed by atoms with Crippen LogP contribution in [0.1, 0.15) is 12.8 Å². The van der Waals surface area contributed by atoms with Gasteiger partial charge in [0.2, 0.25) is 0 Å². The maximum Gasteiger partial charge on any atom is 0.288 e. The molecule has 0 amide bonds. The van der Waals surface area contributed by atoms with Crippen LogP contribution in [0.2, 0.25) is 0 Å². The van der Waals surface area contributed by atoms with Gasteiger partial charge in [-0.3, -0.25) is 0 Å². The Morgan fingerprint density at radius 1 is 1.41 bits per heavy atom. The Kier molecular flexibility index (Phi) is 2.94. The van der Waals surface area contributed by atoms with E-state index in [9.17, 15) is 4.21 Å². The predicted octanol–water partition coefficient (Wildman–Crippen LogP) is 1.69. The van der Waals surface area contributed by atoms with E-state index in [1.165, 1.54) is 0 Å². The molecule has 90 valence electrons. The third-order valence-electron chi connectivity index (χ3n) is 3.00. The van der Waals surface area contributed by atoms with Crippen LogP contribution in [0.15, 0.2) is 33.9 Å². The van der Waals surface area contributed by atoms with Gasteiger partial charge in [-0.15, -0.1) is 0 Å². The van der Waals surface area contributed by atoms with Crippen molar-refractivity contribution < 1.29 is 8.63 Å². The summed E-state index contributed by atoms with van der Waals surface area (Å²) in [6.07, 6.45) is 2.04. The minimum Gasteiger partial charge on any atom is -0.430 e. The molecule has 1 aliphatic heterocycles. The summed E-state index contributed by atoms with van der Waals surface area (Å²) in [6.45, 7) is 1.80. The molecule has 1 aromatic heterocycles. The van der Waals surface area contributed by atoms with Gasteiger partial charge in [-0.2, -0.15) is 0 Å². The maximum absolute atomic E-state index is 12.3. The standard InChI is InChI=1S/C12H14N2O2S/c15-17(9-4-3-7-13-8-9)12-14-10-5-1-2-6-11(10)16-12/h1-2,5-6,9,13H,3-4,7-8H2/t9-,17+/m0/s1. The molecule has 0 spiro atoms. The second-order valence-corrected chi connectivity index (χ2v) is 5.82. The number of fused-ring (bicyclic) bond motifs is 1. The average Bonchev–Trinajstić information content (AvgIpc) is 2.82. The van der Waals surface area contributed by atoms with E-state index < -0.39 is 10.8 Å². The molecular formula is C12H14N2O2S. The second-order valence-electron chi connectivity index (χ2n) is 4.21. The molecule has 1 aliphatic rings. The number of nitrogens with one attached hydrogen (secondary N) is 1. The van der Waals surface area contributed by atoms with Crippen LogP contribution >= 0.6 is 0 Å². The Labute approximate surface area is 102 Å². The lowest BCUT2D eigenvalue weighted by molar-refractivity contribution is 0.463. The number of hydrogen-bond donors (Lipinski definition) is 1. The summed E-state index contributed by atoms with van der Waals surface area (Å²) in [7, 11) is -1.14. The van der Waals surface area contributed by atoms with Gasteiger partial charge in [0.05, 0.1) is 5.25 Å². The quantitative estimate of drug-likeness (QED) is 0.881. The first-order valence-electron chi connectivity index (χ1n) is 5.81. The molecule has 2 heterocycles. The van der Waals surface area contributed by atoms with Gasteiger partial charge in [-0.1, -0.05) is 12.1 Å². The van der Waals surface area contributed by atoms with E-state index in [4.69, 9.17) is 4.42 Å². The Bertz CT molecular complexity index is 513. The summed E-state index contributed by atoms with van der Waals surface area (Å²) in [5, 5.41) is 3.74. The van der Waals surface area contributed by atoms with E-state index in [1.807, 2.05) is 24.3 Å². The fraction of sp³-hybridized carbons (Fsp3) is 0.417. The molecule has 4 nitrogen and oxygen atoms in total. The summed E-state index contributed by atoms with van der Waals surface area (Å²) in [5.41, 5.74) is 1.49. The van der Waals surface area contributed by atoms with Crippen molar-refractivity contribution in [3.8, 4) is 0 Å². The van der Waals surface area contributed by atoms with Crippen molar-refractivity contribution in [2.45, 2.75) is 23.3 Å². The van der Waals surface area contributed by atoms with Crippen molar-refractivity contribution in [1.82, 2.24) is 10.3 Å². The summed E-state index contributed by atoms with van der Waals surface area (Å²) in [4.78, 5) is 4.29. The van der Waals surface area contributed by atoms with Gasteiger partial charge in [-0.05, 0) is 31.5 Å². The van der Waals surface area contributed by atoms with E-state index in [1.54, 1.807) is 0 Å². The molecule has 3 rings (SSSR count). The van der Waals surface area contributed by atoms with Crippen molar-refractivity contribution >= 4 is 21.9 Å². The van der Waals surface area contributed by atoms with E-state index in [2.05, 4.69) is 10.3 Å². The van der Waals surface area contributed by atoms with Crippen molar-refractivity contribution in [3.63, 3.8) is 0 Å². The van der Waals surface area contributed by atoms with Crippen LogP contribution in [0.4, 0.5) is 0 Å². The predicted molar refractivity (Wildman–Crippen MR) is 66.3 cm³/mol. The molecule has 1 N–H and O–H groups in total. The van der Waals surface area contributed by atoms with E-state index in [0.29, 0.717) is 10.8 Å². The number of benzene rings is 1. The number of oxazole rings is 1. The lowest BCUT2D eigenvalue weighted by atomic mass is 10.2. The topological polar surface area (TPSA) is 55.1 Å². The van der Waals surface area contributed by atoms with Crippen LogP contribution in [0.5, 0.6) is 0 Å². The fourth-order valence-electron chi connectivity index (χ4n) is 2.08. The van der Waals surface area contributed by atoms with Gasteiger partial charge >= 0.3 is 0 Å². The molecule has 0 saturated carbocycles. The first-order chi connectivity index (χ1) is 8.34. The van der Waals surface area contributed by atoms with Gasteiger partial charge in [0.25, 0.3) is 5.22 Å². The van der Waals surface area contributed by atoms with Crippen LogP contribution < -0.4 is 5.32 Å². The largest absolute Gasteiger partial charge is 0.430 e. The summed E-state index contributed by atoms with van der Waals surface area (Å²) < 4.78 is 17.8. The van der Waals surface area contributed by atoms with Crippen LogP contribution in [-0.4, -0.2) is 27.5 Å². The van der Waals surface area contributed by atoms with Crippen LogP contribution in [0.25, 0.3) is 11.1 Å². The van der Waals surface area contributed by atoms with Crippen LogP contribution in [0.3, 0.4) is 0 Å². The van der Waals surface area contributed by atoms with E-state index in [0.717, 1.165) is 31.4 Å². The number of nitrogens with zero attached hydrogens (tertiary/aromatic N) is 1. The molecule has 0 aliphatic carbocycles. The van der Waals surface area contributed by atoms with Crippen LogP contribution in [-0.2, 0) is 10.8 Å². The van der Waals surface area contributed by atoms with E-state index >= 15 is 0 Å². The molecule has 0 unspecified atom stereocenters. The zero-order valence-corrected chi connectivity index (χ0v) is 10.2. The Balaban J connectivity index is 1.89. The van der Waals surface area contributed by atoms with Crippen molar-refractivity contribution in [3.05, 3.63) is 24.3 Å². The third kappa shape index (κ3) is 2.12. The molecule has 1 fully saturated rings. The molecule has 0 radical (unpaired) electrons. The van der Waals surface area contributed by atoms with Crippen molar-refractivity contribution in [1.29, 1.82) is 0 Å². The molecule has 0 bridgehead atoms.